The number of carbonyl (C=O) groups is 2. The number of fused-ring (bicyclic) bond motifs is 1. The Morgan fingerprint density at radius 2 is 2.29 bits per heavy atom. The van der Waals surface area contributed by atoms with E-state index < -0.39 is 6.04 Å². The van der Waals surface area contributed by atoms with Crippen LogP contribution in [0.25, 0.3) is 0 Å². The lowest BCUT2D eigenvalue weighted by Gasteiger charge is -2.35. The molecule has 1 aromatic rings. The first-order valence-corrected chi connectivity index (χ1v) is 7.16. The standard InChI is InChI=1S/C15H18N2O4/c1-2-20-14(18)12-9-13(17-7-8-21-15(17)19)10-5-3-4-6-11(10)16-12/h3-6,12-13,16H,2,7-9H2,1H3/t12-,13+/m0/s1. The highest BCUT2D eigenvalue weighted by Crippen LogP contribution is 2.37. The number of cyclic esters (lactones) is 1. The molecule has 0 saturated carbocycles. The maximum atomic E-state index is 12.0. The van der Waals surface area contributed by atoms with Crippen LogP contribution >= 0.6 is 0 Å². The van der Waals surface area contributed by atoms with E-state index in [2.05, 4.69) is 5.32 Å². The molecule has 2 atom stereocenters. The summed E-state index contributed by atoms with van der Waals surface area (Å²) in [5, 5.41) is 3.20. The lowest BCUT2D eigenvalue weighted by atomic mass is 9.92. The highest BCUT2D eigenvalue weighted by atomic mass is 16.6. The summed E-state index contributed by atoms with van der Waals surface area (Å²) in [6.45, 7) is 3.07. The van der Waals surface area contributed by atoms with Crippen LogP contribution in [-0.2, 0) is 14.3 Å². The van der Waals surface area contributed by atoms with Gasteiger partial charge in [0.15, 0.2) is 0 Å². The van der Waals surface area contributed by atoms with Crippen molar-refractivity contribution in [3.05, 3.63) is 29.8 Å². The van der Waals surface area contributed by atoms with Crippen molar-refractivity contribution >= 4 is 17.7 Å². The number of hydrogen-bond donors (Lipinski definition) is 1. The van der Waals surface area contributed by atoms with Crippen molar-refractivity contribution < 1.29 is 19.1 Å². The van der Waals surface area contributed by atoms with Crippen LogP contribution in [0.5, 0.6) is 0 Å². The van der Waals surface area contributed by atoms with Crippen molar-refractivity contribution in [3.63, 3.8) is 0 Å². The van der Waals surface area contributed by atoms with Gasteiger partial charge in [-0.2, -0.15) is 0 Å². The van der Waals surface area contributed by atoms with Gasteiger partial charge in [0.05, 0.1) is 19.2 Å². The van der Waals surface area contributed by atoms with Crippen molar-refractivity contribution in [1.82, 2.24) is 4.90 Å². The third-order valence-corrected chi connectivity index (χ3v) is 3.85. The predicted molar refractivity (Wildman–Crippen MR) is 75.9 cm³/mol. The fourth-order valence-electron chi connectivity index (χ4n) is 2.90. The van der Waals surface area contributed by atoms with E-state index >= 15 is 0 Å². The van der Waals surface area contributed by atoms with E-state index in [1.54, 1.807) is 11.8 Å². The maximum Gasteiger partial charge on any atom is 0.410 e. The van der Waals surface area contributed by atoms with E-state index in [9.17, 15) is 9.59 Å². The molecule has 21 heavy (non-hydrogen) atoms. The maximum absolute atomic E-state index is 12.0. The monoisotopic (exact) mass is 290 g/mol. The SMILES string of the molecule is CCOC(=O)[C@@H]1C[C@@H](N2CCOC2=O)c2ccccc2N1. The lowest BCUT2D eigenvalue weighted by molar-refractivity contribution is -0.144. The smallest absolute Gasteiger partial charge is 0.410 e. The molecule has 2 aliphatic heterocycles. The Morgan fingerprint density at radius 1 is 1.48 bits per heavy atom. The van der Waals surface area contributed by atoms with Crippen LogP contribution in [0.15, 0.2) is 24.3 Å². The first-order chi connectivity index (χ1) is 10.2. The van der Waals surface area contributed by atoms with Gasteiger partial charge in [-0.05, 0) is 18.6 Å². The number of anilines is 1. The number of nitrogens with one attached hydrogen (secondary N) is 1. The third-order valence-electron chi connectivity index (χ3n) is 3.85. The van der Waals surface area contributed by atoms with E-state index in [1.165, 1.54) is 0 Å². The van der Waals surface area contributed by atoms with Crippen molar-refractivity contribution in [2.45, 2.75) is 25.4 Å². The van der Waals surface area contributed by atoms with Gasteiger partial charge in [-0.1, -0.05) is 18.2 Å². The minimum atomic E-state index is -0.446. The molecule has 6 nitrogen and oxygen atoms in total. The molecule has 0 aromatic heterocycles. The van der Waals surface area contributed by atoms with Crippen molar-refractivity contribution in [1.29, 1.82) is 0 Å². The number of hydrogen-bond acceptors (Lipinski definition) is 5. The van der Waals surface area contributed by atoms with Crippen LogP contribution in [0.3, 0.4) is 0 Å². The van der Waals surface area contributed by atoms with Gasteiger partial charge in [-0.3, -0.25) is 4.90 Å². The highest BCUT2D eigenvalue weighted by Gasteiger charge is 2.38. The average molecular weight is 290 g/mol. The van der Waals surface area contributed by atoms with E-state index in [0.717, 1.165) is 11.3 Å². The number of carbonyl (C=O) groups excluding carboxylic acids is 2. The molecule has 3 rings (SSSR count). The summed E-state index contributed by atoms with van der Waals surface area (Å²) < 4.78 is 10.1. The zero-order chi connectivity index (χ0) is 14.8. The zero-order valence-electron chi connectivity index (χ0n) is 11.9. The van der Waals surface area contributed by atoms with Gasteiger partial charge in [0.1, 0.15) is 12.6 Å². The Hall–Kier alpha value is -2.24. The molecule has 2 heterocycles. The van der Waals surface area contributed by atoms with Crippen LogP contribution in [0.1, 0.15) is 24.9 Å². The molecule has 0 bridgehead atoms. The third kappa shape index (κ3) is 2.53. The Kier molecular flexibility index (Phi) is 3.68. The molecule has 6 heteroatoms. The van der Waals surface area contributed by atoms with Gasteiger partial charge >= 0.3 is 12.1 Å². The minimum absolute atomic E-state index is 0.160. The molecule has 1 saturated heterocycles. The number of rotatable bonds is 3. The molecule has 1 fully saturated rings. The Balaban J connectivity index is 1.90. The molecule has 0 spiro atoms. The second-order valence-corrected chi connectivity index (χ2v) is 5.10. The number of ether oxygens (including phenoxy) is 2. The molecular weight excluding hydrogens is 272 g/mol. The summed E-state index contributed by atoms with van der Waals surface area (Å²) in [6, 6.07) is 7.11. The van der Waals surface area contributed by atoms with Crippen LogP contribution in [0.4, 0.5) is 10.5 Å². The fourth-order valence-corrected chi connectivity index (χ4v) is 2.90. The summed E-state index contributed by atoms with van der Waals surface area (Å²) >= 11 is 0. The second kappa shape index (κ2) is 5.63. The number of benzene rings is 1. The van der Waals surface area contributed by atoms with Gasteiger partial charge in [-0.15, -0.1) is 0 Å². The summed E-state index contributed by atoms with van der Waals surface area (Å²) in [6.07, 6.45) is 0.171. The predicted octanol–water partition coefficient (Wildman–Crippen LogP) is 1.93. The second-order valence-electron chi connectivity index (χ2n) is 5.10. The molecule has 1 aromatic carbocycles. The topological polar surface area (TPSA) is 67.9 Å². The molecular formula is C15H18N2O4. The summed E-state index contributed by atoms with van der Waals surface area (Å²) in [7, 11) is 0. The van der Waals surface area contributed by atoms with Gasteiger partial charge in [0.25, 0.3) is 0 Å². The molecule has 0 aliphatic carbocycles. The lowest BCUT2D eigenvalue weighted by Crippen LogP contribution is -2.42. The summed E-state index contributed by atoms with van der Waals surface area (Å²) in [5.74, 6) is -0.287. The van der Waals surface area contributed by atoms with Gasteiger partial charge in [0.2, 0.25) is 0 Å². The van der Waals surface area contributed by atoms with Crippen molar-refractivity contribution in [2.75, 3.05) is 25.1 Å². The number of esters is 1. The van der Waals surface area contributed by atoms with Crippen LogP contribution in [-0.4, -0.2) is 42.8 Å². The first kappa shape index (κ1) is 13.7. The van der Waals surface area contributed by atoms with Gasteiger partial charge < -0.3 is 14.8 Å². The van der Waals surface area contributed by atoms with Crippen molar-refractivity contribution in [3.8, 4) is 0 Å². The van der Waals surface area contributed by atoms with Gasteiger partial charge in [-0.25, -0.2) is 9.59 Å². The Bertz CT molecular complexity index is 560. The molecule has 2 aliphatic rings. The highest BCUT2D eigenvalue weighted by molar-refractivity contribution is 5.81. The molecule has 1 N–H and O–H groups in total. The van der Waals surface area contributed by atoms with Gasteiger partial charge in [0, 0.05) is 12.1 Å². The quantitative estimate of drug-likeness (QED) is 0.861. The Morgan fingerprint density at radius 3 is 3.00 bits per heavy atom. The average Bonchev–Trinajstić information content (AvgIpc) is 2.92. The van der Waals surface area contributed by atoms with E-state index in [4.69, 9.17) is 9.47 Å². The van der Waals surface area contributed by atoms with Crippen molar-refractivity contribution in [2.24, 2.45) is 0 Å². The fraction of sp³-hybridized carbons (Fsp3) is 0.467. The normalized spacial score (nSPS) is 24.0. The van der Waals surface area contributed by atoms with Crippen LogP contribution in [0, 0.1) is 0 Å². The van der Waals surface area contributed by atoms with E-state index in [-0.39, 0.29) is 18.1 Å². The zero-order valence-corrected chi connectivity index (χ0v) is 11.9. The molecule has 1 amide bonds. The summed E-state index contributed by atoms with van der Waals surface area (Å²) in [4.78, 5) is 25.6. The first-order valence-electron chi connectivity index (χ1n) is 7.16. The van der Waals surface area contributed by atoms with Crippen LogP contribution in [0.2, 0.25) is 0 Å². The van der Waals surface area contributed by atoms with E-state index in [0.29, 0.717) is 26.2 Å². The van der Waals surface area contributed by atoms with E-state index in [1.807, 2.05) is 24.3 Å². The van der Waals surface area contributed by atoms with Crippen LogP contribution < -0.4 is 5.32 Å². The summed E-state index contributed by atoms with van der Waals surface area (Å²) in [5.41, 5.74) is 1.88. The number of para-hydroxylation sites is 1. The largest absolute Gasteiger partial charge is 0.464 e. The molecule has 112 valence electrons. The Labute approximate surface area is 123 Å². The minimum Gasteiger partial charge on any atom is -0.464 e. The number of amides is 1. The number of nitrogens with zero attached hydrogens (tertiary/aromatic N) is 1. The molecule has 0 radical (unpaired) electrons. The molecule has 0 unspecified atom stereocenters.